The molecule has 1 aromatic carbocycles. The SMILES string of the molecule is Cn1cc(C(=O)Cc2nc3cc(Cl)ccc3o2)nn1. The van der Waals surface area contributed by atoms with Crippen molar-refractivity contribution in [1.29, 1.82) is 0 Å². The number of aromatic nitrogens is 4. The molecule has 0 N–H and O–H groups in total. The summed E-state index contributed by atoms with van der Waals surface area (Å²) in [7, 11) is 1.70. The molecule has 7 heteroatoms. The van der Waals surface area contributed by atoms with Crippen molar-refractivity contribution in [3.05, 3.63) is 41.0 Å². The number of fused-ring (bicyclic) bond motifs is 1. The fourth-order valence-electron chi connectivity index (χ4n) is 1.73. The first-order valence-electron chi connectivity index (χ1n) is 5.56. The third-order valence-electron chi connectivity index (χ3n) is 2.59. The molecular weight excluding hydrogens is 268 g/mol. The quantitative estimate of drug-likeness (QED) is 0.684. The Kier molecular flexibility index (Phi) is 2.79. The summed E-state index contributed by atoms with van der Waals surface area (Å²) < 4.78 is 6.95. The van der Waals surface area contributed by atoms with Gasteiger partial charge in [-0.15, -0.1) is 5.10 Å². The molecule has 2 heterocycles. The van der Waals surface area contributed by atoms with E-state index in [1.807, 2.05) is 0 Å². The second-order valence-electron chi connectivity index (χ2n) is 4.10. The zero-order chi connectivity index (χ0) is 13.4. The van der Waals surface area contributed by atoms with Crippen molar-refractivity contribution in [2.75, 3.05) is 0 Å². The summed E-state index contributed by atoms with van der Waals surface area (Å²) in [6, 6.07) is 5.13. The molecule has 0 atom stereocenters. The van der Waals surface area contributed by atoms with Crippen LogP contribution in [0.1, 0.15) is 16.4 Å². The summed E-state index contributed by atoms with van der Waals surface area (Å²) in [6.07, 6.45) is 1.60. The van der Waals surface area contributed by atoms with Gasteiger partial charge in [0.2, 0.25) is 5.89 Å². The van der Waals surface area contributed by atoms with Crippen molar-refractivity contribution in [3.8, 4) is 0 Å². The van der Waals surface area contributed by atoms with E-state index in [1.54, 1.807) is 31.4 Å². The van der Waals surface area contributed by atoms with Crippen LogP contribution in [0.15, 0.2) is 28.8 Å². The number of aryl methyl sites for hydroxylation is 1. The van der Waals surface area contributed by atoms with Crippen LogP contribution < -0.4 is 0 Å². The first kappa shape index (κ1) is 11.9. The summed E-state index contributed by atoms with van der Waals surface area (Å²) in [6.45, 7) is 0. The van der Waals surface area contributed by atoms with Gasteiger partial charge in [-0.05, 0) is 18.2 Å². The number of carbonyl (C=O) groups is 1. The van der Waals surface area contributed by atoms with Gasteiger partial charge in [0.25, 0.3) is 0 Å². The Hall–Kier alpha value is -2.21. The molecule has 0 bridgehead atoms. The predicted molar refractivity (Wildman–Crippen MR) is 68.1 cm³/mol. The van der Waals surface area contributed by atoms with E-state index in [1.165, 1.54) is 4.68 Å². The molecule has 0 aliphatic carbocycles. The molecule has 0 saturated carbocycles. The van der Waals surface area contributed by atoms with E-state index in [-0.39, 0.29) is 12.2 Å². The van der Waals surface area contributed by atoms with Gasteiger partial charge in [0.15, 0.2) is 11.4 Å². The van der Waals surface area contributed by atoms with E-state index in [0.29, 0.717) is 27.7 Å². The minimum Gasteiger partial charge on any atom is -0.440 e. The Labute approximate surface area is 113 Å². The van der Waals surface area contributed by atoms with Gasteiger partial charge in [0.1, 0.15) is 11.2 Å². The number of hydrogen-bond donors (Lipinski definition) is 0. The Balaban J connectivity index is 1.87. The molecule has 0 fully saturated rings. The molecule has 0 aliphatic rings. The smallest absolute Gasteiger partial charge is 0.203 e. The van der Waals surface area contributed by atoms with Crippen LogP contribution in [0.5, 0.6) is 0 Å². The average molecular weight is 277 g/mol. The third kappa shape index (κ3) is 2.34. The Morgan fingerprint density at radius 3 is 3.05 bits per heavy atom. The number of oxazole rings is 1. The summed E-state index contributed by atoms with van der Waals surface area (Å²) >= 11 is 5.86. The van der Waals surface area contributed by atoms with Gasteiger partial charge in [-0.3, -0.25) is 9.48 Å². The second kappa shape index (κ2) is 4.47. The topological polar surface area (TPSA) is 73.8 Å². The van der Waals surface area contributed by atoms with Crippen LogP contribution >= 0.6 is 11.6 Å². The van der Waals surface area contributed by atoms with Gasteiger partial charge in [-0.1, -0.05) is 16.8 Å². The maximum Gasteiger partial charge on any atom is 0.203 e. The lowest BCUT2D eigenvalue weighted by Gasteiger charge is -1.90. The van der Waals surface area contributed by atoms with Crippen LogP contribution in [0.3, 0.4) is 0 Å². The molecule has 0 aliphatic heterocycles. The van der Waals surface area contributed by atoms with Gasteiger partial charge < -0.3 is 4.42 Å². The van der Waals surface area contributed by atoms with Crippen molar-refractivity contribution in [1.82, 2.24) is 20.0 Å². The van der Waals surface area contributed by atoms with Gasteiger partial charge in [0, 0.05) is 12.1 Å². The molecule has 19 heavy (non-hydrogen) atoms. The van der Waals surface area contributed by atoms with Crippen LogP contribution in [-0.2, 0) is 13.5 Å². The number of benzene rings is 1. The van der Waals surface area contributed by atoms with Crippen LogP contribution in [0.4, 0.5) is 0 Å². The lowest BCUT2D eigenvalue weighted by molar-refractivity contribution is 0.0981. The van der Waals surface area contributed by atoms with Gasteiger partial charge >= 0.3 is 0 Å². The minimum atomic E-state index is -0.189. The van der Waals surface area contributed by atoms with E-state index < -0.39 is 0 Å². The molecule has 3 aromatic rings. The standard InChI is InChI=1S/C12H9ClN4O2/c1-17-6-9(15-16-17)10(18)5-12-14-8-4-7(13)2-3-11(8)19-12/h2-4,6H,5H2,1H3. The predicted octanol–water partition coefficient (Wildman–Crippen LogP) is 2.04. The van der Waals surface area contributed by atoms with E-state index in [2.05, 4.69) is 15.3 Å². The lowest BCUT2D eigenvalue weighted by atomic mass is 10.2. The third-order valence-corrected chi connectivity index (χ3v) is 2.83. The molecule has 0 amide bonds. The number of halogens is 1. The number of rotatable bonds is 3. The first-order valence-corrected chi connectivity index (χ1v) is 5.94. The van der Waals surface area contributed by atoms with Crippen LogP contribution in [0, 0.1) is 0 Å². The van der Waals surface area contributed by atoms with Crippen molar-refractivity contribution < 1.29 is 9.21 Å². The van der Waals surface area contributed by atoms with Crippen molar-refractivity contribution in [3.63, 3.8) is 0 Å². The van der Waals surface area contributed by atoms with Crippen molar-refractivity contribution in [2.45, 2.75) is 6.42 Å². The van der Waals surface area contributed by atoms with E-state index in [0.717, 1.165) is 0 Å². The maximum atomic E-state index is 11.9. The van der Waals surface area contributed by atoms with Gasteiger partial charge in [-0.2, -0.15) is 0 Å². The zero-order valence-corrected chi connectivity index (χ0v) is 10.8. The van der Waals surface area contributed by atoms with Crippen molar-refractivity contribution in [2.24, 2.45) is 7.05 Å². The number of ketones is 1. The number of Topliss-reactive ketones (excluding diaryl/α,β-unsaturated/α-hetero) is 1. The number of nitrogens with zero attached hydrogens (tertiary/aromatic N) is 4. The highest BCUT2D eigenvalue weighted by Crippen LogP contribution is 2.20. The monoisotopic (exact) mass is 276 g/mol. The van der Waals surface area contributed by atoms with Gasteiger partial charge in [-0.25, -0.2) is 4.98 Å². The van der Waals surface area contributed by atoms with Gasteiger partial charge in [0.05, 0.1) is 12.6 Å². The highest BCUT2D eigenvalue weighted by molar-refractivity contribution is 6.31. The fraction of sp³-hybridized carbons (Fsp3) is 0.167. The molecule has 2 aromatic heterocycles. The van der Waals surface area contributed by atoms with Crippen molar-refractivity contribution >= 4 is 28.5 Å². The minimum absolute atomic E-state index is 0.0466. The first-order chi connectivity index (χ1) is 9.11. The molecule has 0 spiro atoms. The van der Waals surface area contributed by atoms with Crippen LogP contribution in [0.2, 0.25) is 5.02 Å². The Morgan fingerprint density at radius 2 is 2.32 bits per heavy atom. The maximum absolute atomic E-state index is 11.9. The number of carbonyl (C=O) groups excluding carboxylic acids is 1. The highest BCUT2D eigenvalue weighted by atomic mass is 35.5. The summed E-state index contributed by atoms with van der Waals surface area (Å²) in [4.78, 5) is 16.1. The summed E-state index contributed by atoms with van der Waals surface area (Å²) in [5, 5.41) is 8.04. The molecule has 6 nitrogen and oxygen atoms in total. The fourth-order valence-corrected chi connectivity index (χ4v) is 1.89. The molecular formula is C12H9ClN4O2. The molecule has 0 saturated heterocycles. The number of hydrogen-bond acceptors (Lipinski definition) is 5. The summed E-state index contributed by atoms with van der Waals surface area (Å²) in [5.41, 5.74) is 1.53. The van der Waals surface area contributed by atoms with E-state index in [9.17, 15) is 4.79 Å². The van der Waals surface area contributed by atoms with Crippen LogP contribution in [0.25, 0.3) is 11.1 Å². The average Bonchev–Trinajstić information content (AvgIpc) is 2.94. The molecule has 0 radical (unpaired) electrons. The van der Waals surface area contributed by atoms with E-state index >= 15 is 0 Å². The lowest BCUT2D eigenvalue weighted by Crippen LogP contribution is -2.04. The van der Waals surface area contributed by atoms with Crippen LogP contribution in [-0.4, -0.2) is 25.8 Å². The Bertz CT molecular complexity index is 762. The molecule has 96 valence electrons. The molecule has 3 rings (SSSR count). The zero-order valence-electron chi connectivity index (χ0n) is 10.00. The normalized spacial score (nSPS) is 11.1. The van der Waals surface area contributed by atoms with E-state index in [4.69, 9.17) is 16.0 Å². The second-order valence-corrected chi connectivity index (χ2v) is 4.53. The summed E-state index contributed by atoms with van der Waals surface area (Å²) in [5.74, 6) is 0.152. The molecule has 0 unspecified atom stereocenters. The largest absolute Gasteiger partial charge is 0.440 e. The highest BCUT2D eigenvalue weighted by Gasteiger charge is 2.15. The Morgan fingerprint density at radius 1 is 1.47 bits per heavy atom.